The fraction of sp³-hybridized carbons (Fsp3) is 0.211. The Balaban J connectivity index is 1.83. The maximum Gasteiger partial charge on any atom is 0.267 e. The number of thiophene rings is 1. The zero-order valence-corrected chi connectivity index (χ0v) is 17.6. The highest BCUT2D eigenvalue weighted by Gasteiger charge is 2.22. The van der Waals surface area contributed by atoms with Crippen molar-refractivity contribution in [3.8, 4) is 0 Å². The second kappa shape index (κ2) is 8.16. The average Bonchev–Trinajstić information content (AvgIpc) is 2.99. The van der Waals surface area contributed by atoms with E-state index in [4.69, 9.17) is 11.6 Å². The summed E-state index contributed by atoms with van der Waals surface area (Å²) in [6, 6.07) is 10.1. The second-order valence-corrected chi connectivity index (χ2v) is 9.32. The molecule has 0 aliphatic rings. The minimum atomic E-state index is -3.56. The number of nitrogens with zero attached hydrogens (tertiary/aromatic N) is 1. The number of anilines is 1. The van der Waals surface area contributed by atoms with Gasteiger partial charge in [-0.05, 0) is 42.5 Å². The Morgan fingerprint density at radius 2 is 1.79 bits per heavy atom. The monoisotopic (exact) mass is 440 g/mol. The third-order valence-electron chi connectivity index (χ3n) is 4.25. The zero-order valence-electron chi connectivity index (χ0n) is 15.2. The highest BCUT2D eigenvalue weighted by atomic mass is 35.5. The van der Waals surface area contributed by atoms with Crippen LogP contribution in [0.15, 0.2) is 47.4 Å². The van der Waals surface area contributed by atoms with Crippen LogP contribution in [0.3, 0.4) is 0 Å². The number of nitrogens with one attached hydrogen (secondary N) is 1. The van der Waals surface area contributed by atoms with E-state index >= 15 is 0 Å². The van der Waals surface area contributed by atoms with Gasteiger partial charge in [0.05, 0.1) is 9.92 Å². The molecule has 5 nitrogen and oxygen atoms in total. The van der Waals surface area contributed by atoms with Gasteiger partial charge in [0.15, 0.2) is 0 Å². The van der Waals surface area contributed by atoms with Crippen molar-refractivity contribution in [2.24, 2.45) is 0 Å². The third kappa shape index (κ3) is 3.91. The van der Waals surface area contributed by atoms with E-state index in [1.165, 1.54) is 46.8 Å². The van der Waals surface area contributed by atoms with Gasteiger partial charge in [-0.3, -0.25) is 4.79 Å². The number of fused-ring (bicyclic) bond motifs is 1. The van der Waals surface area contributed by atoms with E-state index in [-0.39, 0.29) is 14.8 Å². The molecule has 1 aromatic heterocycles. The highest BCUT2D eigenvalue weighted by molar-refractivity contribution is 7.89. The summed E-state index contributed by atoms with van der Waals surface area (Å²) >= 11 is 7.36. The van der Waals surface area contributed by atoms with Crippen LogP contribution < -0.4 is 5.32 Å². The number of amides is 1. The van der Waals surface area contributed by atoms with Gasteiger partial charge in [0, 0.05) is 28.9 Å². The molecule has 0 radical (unpaired) electrons. The van der Waals surface area contributed by atoms with E-state index in [1.54, 1.807) is 13.8 Å². The Bertz CT molecular complexity index is 1120. The molecule has 0 aliphatic carbocycles. The molecule has 9 heteroatoms. The molecule has 3 rings (SSSR count). The lowest BCUT2D eigenvalue weighted by atomic mass is 10.2. The summed E-state index contributed by atoms with van der Waals surface area (Å²) in [5, 5.41) is 3.57. The van der Waals surface area contributed by atoms with E-state index < -0.39 is 21.7 Å². The molecule has 1 heterocycles. The lowest BCUT2D eigenvalue weighted by Crippen LogP contribution is -2.30. The molecule has 1 N–H and O–H groups in total. The summed E-state index contributed by atoms with van der Waals surface area (Å²) < 4.78 is 40.3. The Morgan fingerprint density at radius 1 is 1.14 bits per heavy atom. The molecule has 3 aromatic rings. The van der Waals surface area contributed by atoms with E-state index in [0.29, 0.717) is 28.9 Å². The Hall–Kier alpha value is -2.00. The Labute approximate surface area is 171 Å². The molecule has 0 fully saturated rings. The number of rotatable bonds is 6. The van der Waals surface area contributed by atoms with Crippen molar-refractivity contribution in [1.82, 2.24) is 4.31 Å². The van der Waals surface area contributed by atoms with Crippen molar-refractivity contribution in [2.45, 2.75) is 18.7 Å². The topological polar surface area (TPSA) is 66.5 Å². The van der Waals surface area contributed by atoms with E-state index in [9.17, 15) is 17.6 Å². The fourth-order valence-corrected chi connectivity index (χ4v) is 5.69. The van der Waals surface area contributed by atoms with Gasteiger partial charge in [-0.2, -0.15) is 4.31 Å². The van der Waals surface area contributed by atoms with Gasteiger partial charge < -0.3 is 5.32 Å². The first-order valence-electron chi connectivity index (χ1n) is 8.57. The molecule has 0 aliphatic heterocycles. The maximum absolute atomic E-state index is 13.4. The largest absolute Gasteiger partial charge is 0.321 e. The number of carbonyl (C=O) groups excluding carboxylic acids is 1. The van der Waals surface area contributed by atoms with Gasteiger partial charge >= 0.3 is 0 Å². The minimum Gasteiger partial charge on any atom is -0.321 e. The van der Waals surface area contributed by atoms with Crippen molar-refractivity contribution in [3.63, 3.8) is 0 Å². The molecule has 0 spiro atoms. The standard InChI is InChI=1S/C19H18ClFN2O3S2/c1-3-23(4-2)28(25,26)14-8-6-13(7-9-14)22-19(24)18-17(20)15-10-5-12(21)11-16(15)27-18/h5-11H,3-4H2,1-2H3,(H,22,24). The van der Waals surface area contributed by atoms with Crippen LogP contribution in [-0.2, 0) is 10.0 Å². The molecule has 1 amide bonds. The quantitative estimate of drug-likeness (QED) is 0.588. The average molecular weight is 441 g/mol. The summed E-state index contributed by atoms with van der Waals surface area (Å²) in [7, 11) is -3.56. The molecule has 0 saturated heterocycles. The first kappa shape index (κ1) is 20.7. The predicted molar refractivity (Wildman–Crippen MR) is 111 cm³/mol. The zero-order chi connectivity index (χ0) is 20.5. The summed E-state index contributed by atoms with van der Waals surface area (Å²) in [5.41, 5.74) is 0.434. The first-order valence-corrected chi connectivity index (χ1v) is 11.2. The van der Waals surface area contributed by atoms with Crippen LogP contribution in [-0.4, -0.2) is 31.7 Å². The molecular weight excluding hydrogens is 423 g/mol. The molecule has 0 saturated carbocycles. The minimum absolute atomic E-state index is 0.157. The van der Waals surface area contributed by atoms with Crippen LogP contribution in [0.1, 0.15) is 23.5 Å². The van der Waals surface area contributed by atoms with Gasteiger partial charge in [0.1, 0.15) is 10.7 Å². The van der Waals surface area contributed by atoms with Crippen LogP contribution >= 0.6 is 22.9 Å². The van der Waals surface area contributed by atoms with Crippen LogP contribution in [0.25, 0.3) is 10.1 Å². The van der Waals surface area contributed by atoms with Crippen molar-refractivity contribution >= 4 is 54.6 Å². The maximum atomic E-state index is 13.4. The van der Waals surface area contributed by atoms with Crippen LogP contribution in [0, 0.1) is 5.82 Å². The fourth-order valence-electron chi connectivity index (χ4n) is 2.80. The number of sulfonamides is 1. The Kier molecular flexibility index (Phi) is 6.04. The number of hydrogen-bond acceptors (Lipinski definition) is 4. The normalized spacial score (nSPS) is 11.9. The second-order valence-electron chi connectivity index (χ2n) is 5.95. The number of hydrogen-bond donors (Lipinski definition) is 1. The van der Waals surface area contributed by atoms with Gasteiger partial charge in [-0.25, -0.2) is 12.8 Å². The molecule has 148 valence electrons. The smallest absolute Gasteiger partial charge is 0.267 e. The van der Waals surface area contributed by atoms with Gasteiger partial charge in [0.2, 0.25) is 10.0 Å². The Morgan fingerprint density at radius 3 is 2.39 bits per heavy atom. The lowest BCUT2D eigenvalue weighted by Gasteiger charge is -2.18. The lowest BCUT2D eigenvalue weighted by molar-refractivity contribution is 0.103. The number of carbonyl (C=O) groups is 1. The van der Waals surface area contributed by atoms with Gasteiger partial charge in [-0.15, -0.1) is 11.3 Å². The summed E-state index contributed by atoms with van der Waals surface area (Å²) in [4.78, 5) is 13.0. The first-order chi connectivity index (χ1) is 13.3. The van der Waals surface area contributed by atoms with E-state index in [0.717, 1.165) is 11.3 Å². The molecule has 0 atom stereocenters. The van der Waals surface area contributed by atoms with Crippen molar-refractivity contribution in [1.29, 1.82) is 0 Å². The summed E-state index contributed by atoms with van der Waals surface area (Å²) in [6.45, 7) is 4.30. The van der Waals surface area contributed by atoms with E-state index in [1.807, 2.05) is 0 Å². The molecule has 28 heavy (non-hydrogen) atoms. The van der Waals surface area contributed by atoms with Crippen LogP contribution in [0.4, 0.5) is 10.1 Å². The molecule has 2 aromatic carbocycles. The number of halogens is 2. The number of benzene rings is 2. The molecule has 0 unspecified atom stereocenters. The van der Waals surface area contributed by atoms with E-state index in [2.05, 4.69) is 5.32 Å². The van der Waals surface area contributed by atoms with Gasteiger partial charge in [0.25, 0.3) is 5.91 Å². The van der Waals surface area contributed by atoms with Crippen LogP contribution in [0.2, 0.25) is 5.02 Å². The van der Waals surface area contributed by atoms with Gasteiger partial charge in [-0.1, -0.05) is 25.4 Å². The van der Waals surface area contributed by atoms with Crippen LogP contribution in [0.5, 0.6) is 0 Å². The van der Waals surface area contributed by atoms with Crippen molar-refractivity contribution < 1.29 is 17.6 Å². The third-order valence-corrected chi connectivity index (χ3v) is 7.97. The van der Waals surface area contributed by atoms with Crippen molar-refractivity contribution in [3.05, 3.63) is 58.2 Å². The SMILES string of the molecule is CCN(CC)S(=O)(=O)c1ccc(NC(=O)c2sc3cc(F)ccc3c2Cl)cc1. The summed E-state index contributed by atoms with van der Waals surface area (Å²) in [6.07, 6.45) is 0. The molecular formula is C19H18ClFN2O3S2. The highest BCUT2D eigenvalue weighted by Crippen LogP contribution is 2.36. The predicted octanol–water partition coefficient (Wildman–Crippen LogP) is 4.98. The molecule has 0 bridgehead atoms. The van der Waals surface area contributed by atoms with Crippen molar-refractivity contribution in [2.75, 3.05) is 18.4 Å². The summed E-state index contributed by atoms with van der Waals surface area (Å²) in [5.74, 6) is -0.840.